The Morgan fingerprint density at radius 2 is 2.28 bits per heavy atom. The highest BCUT2D eigenvalue weighted by atomic mass is 32.2. The van der Waals surface area contributed by atoms with Crippen molar-refractivity contribution >= 4 is 23.6 Å². The smallest absolute Gasteiger partial charge is 0.326 e. The van der Waals surface area contributed by atoms with Crippen molar-refractivity contribution in [1.82, 2.24) is 10.3 Å². The Hall–Kier alpha value is -1.56. The maximum Gasteiger partial charge on any atom is 0.326 e. The van der Waals surface area contributed by atoms with Gasteiger partial charge < -0.3 is 10.4 Å². The minimum absolute atomic E-state index is 0.0702. The highest BCUT2D eigenvalue weighted by Gasteiger charge is 2.37. The molecule has 0 radical (unpaired) electrons. The predicted octanol–water partition coefficient (Wildman–Crippen LogP) is 1.40. The van der Waals surface area contributed by atoms with Crippen LogP contribution in [-0.4, -0.2) is 34.3 Å². The number of hydrogen-bond donors (Lipinski definition) is 2. The quantitative estimate of drug-likeness (QED) is 0.787. The molecule has 1 aromatic heterocycles. The van der Waals surface area contributed by atoms with Gasteiger partial charge in [0.15, 0.2) is 0 Å². The number of carbonyl (C=O) groups is 2. The minimum Gasteiger partial charge on any atom is -0.480 e. The number of pyridine rings is 1. The molecule has 0 saturated heterocycles. The number of carboxylic acid groups (broad SMARTS) is 1. The van der Waals surface area contributed by atoms with Crippen LogP contribution in [0.5, 0.6) is 0 Å². The molecule has 0 spiro atoms. The summed E-state index contributed by atoms with van der Waals surface area (Å²) in [6.45, 7) is 0. The van der Waals surface area contributed by atoms with Gasteiger partial charge in [0.2, 0.25) is 0 Å². The molecule has 0 bridgehead atoms. The van der Waals surface area contributed by atoms with E-state index < -0.39 is 12.0 Å². The van der Waals surface area contributed by atoms with Crippen LogP contribution in [0.1, 0.15) is 23.2 Å². The van der Waals surface area contributed by atoms with Gasteiger partial charge in [0.05, 0.1) is 5.56 Å². The molecule has 18 heavy (non-hydrogen) atoms. The Balaban J connectivity index is 2.13. The summed E-state index contributed by atoms with van der Waals surface area (Å²) in [5.74, 6) is -1.27. The summed E-state index contributed by atoms with van der Waals surface area (Å²) in [4.78, 5) is 27.2. The highest BCUT2D eigenvalue weighted by molar-refractivity contribution is 7.98. The lowest BCUT2D eigenvalue weighted by Gasteiger charge is -2.14. The van der Waals surface area contributed by atoms with Crippen LogP contribution in [0, 0.1) is 5.92 Å². The SMILES string of the molecule is CSc1ncccc1C(=O)NC(C(=O)O)C1CC1. The highest BCUT2D eigenvalue weighted by Crippen LogP contribution is 2.33. The molecule has 1 amide bonds. The summed E-state index contributed by atoms with van der Waals surface area (Å²) < 4.78 is 0. The number of rotatable bonds is 5. The van der Waals surface area contributed by atoms with Crippen molar-refractivity contribution in [2.75, 3.05) is 6.26 Å². The maximum absolute atomic E-state index is 12.0. The third-order valence-electron chi connectivity index (χ3n) is 2.86. The number of nitrogens with one attached hydrogen (secondary N) is 1. The molecule has 2 N–H and O–H groups in total. The van der Waals surface area contributed by atoms with Crippen molar-refractivity contribution in [3.8, 4) is 0 Å². The zero-order chi connectivity index (χ0) is 13.1. The summed E-state index contributed by atoms with van der Waals surface area (Å²) in [6, 6.07) is 2.54. The van der Waals surface area contributed by atoms with E-state index in [4.69, 9.17) is 5.11 Å². The lowest BCUT2D eigenvalue weighted by Crippen LogP contribution is -2.42. The molecule has 1 aromatic rings. The average molecular weight is 266 g/mol. The second kappa shape index (κ2) is 5.39. The van der Waals surface area contributed by atoms with Gasteiger partial charge in [-0.15, -0.1) is 11.8 Å². The summed E-state index contributed by atoms with van der Waals surface area (Å²) >= 11 is 1.36. The van der Waals surface area contributed by atoms with Crippen molar-refractivity contribution in [1.29, 1.82) is 0 Å². The molecule has 5 nitrogen and oxygen atoms in total. The Morgan fingerprint density at radius 3 is 2.83 bits per heavy atom. The number of carboxylic acids is 1. The van der Waals surface area contributed by atoms with Crippen LogP contribution in [-0.2, 0) is 4.79 Å². The zero-order valence-corrected chi connectivity index (χ0v) is 10.7. The fourth-order valence-electron chi connectivity index (χ4n) is 1.76. The normalized spacial score (nSPS) is 16.1. The van der Waals surface area contributed by atoms with Gasteiger partial charge >= 0.3 is 5.97 Å². The number of aliphatic carboxylic acids is 1. The Labute approximate surface area is 109 Å². The lowest BCUT2D eigenvalue weighted by molar-refractivity contribution is -0.139. The first-order chi connectivity index (χ1) is 8.63. The Morgan fingerprint density at radius 1 is 1.56 bits per heavy atom. The van der Waals surface area contributed by atoms with Crippen LogP contribution in [0.2, 0.25) is 0 Å². The lowest BCUT2D eigenvalue weighted by atomic mass is 10.1. The molecule has 1 heterocycles. The predicted molar refractivity (Wildman–Crippen MR) is 67.6 cm³/mol. The van der Waals surface area contributed by atoms with Gasteiger partial charge in [0.25, 0.3) is 5.91 Å². The molecule has 0 aliphatic heterocycles. The van der Waals surface area contributed by atoms with Gasteiger partial charge in [-0.2, -0.15) is 0 Å². The molecular weight excluding hydrogens is 252 g/mol. The Kier molecular flexibility index (Phi) is 3.86. The molecule has 2 rings (SSSR count). The van der Waals surface area contributed by atoms with Crippen LogP contribution in [0.15, 0.2) is 23.4 Å². The third-order valence-corrected chi connectivity index (χ3v) is 3.57. The second-order valence-corrected chi connectivity index (χ2v) is 4.98. The van der Waals surface area contributed by atoms with Crippen molar-refractivity contribution in [3.05, 3.63) is 23.9 Å². The van der Waals surface area contributed by atoms with Crippen LogP contribution in [0.25, 0.3) is 0 Å². The molecular formula is C12H14N2O3S. The molecule has 1 aliphatic rings. The van der Waals surface area contributed by atoms with E-state index in [1.807, 2.05) is 6.26 Å². The summed E-state index contributed by atoms with van der Waals surface area (Å²) in [7, 11) is 0. The van der Waals surface area contributed by atoms with Gasteiger partial charge in [-0.1, -0.05) is 0 Å². The number of aromatic nitrogens is 1. The van der Waals surface area contributed by atoms with Crippen molar-refractivity contribution in [2.24, 2.45) is 5.92 Å². The van der Waals surface area contributed by atoms with Gasteiger partial charge in [-0.05, 0) is 37.1 Å². The molecule has 1 unspecified atom stereocenters. The third kappa shape index (κ3) is 2.81. The molecule has 6 heteroatoms. The van der Waals surface area contributed by atoms with E-state index in [-0.39, 0.29) is 11.8 Å². The first-order valence-electron chi connectivity index (χ1n) is 5.66. The average Bonchev–Trinajstić information content (AvgIpc) is 3.19. The van der Waals surface area contributed by atoms with Gasteiger partial charge in [-0.3, -0.25) is 4.79 Å². The molecule has 1 saturated carbocycles. The standard InChI is InChI=1S/C12H14N2O3S/c1-18-11-8(3-2-6-13-11)10(15)14-9(12(16)17)7-4-5-7/h2-3,6-7,9H,4-5H2,1H3,(H,14,15)(H,16,17). The number of nitrogens with zero attached hydrogens (tertiary/aromatic N) is 1. The van der Waals surface area contributed by atoms with E-state index in [2.05, 4.69) is 10.3 Å². The maximum atomic E-state index is 12.0. The first-order valence-corrected chi connectivity index (χ1v) is 6.88. The van der Waals surface area contributed by atoms with Crippen molar-refractivity contribution in [2.45, 2.75) is 23.9 Å². The fraction of sp³-hybridized carbons (Fsp3) is 0.417. The van der Waals surface area contributed by atoms with Gasteiger partial charge in [0, 0.05) is 6.20 Å². The van der Waals surface area contributed by atoms with Crippen LogP contribution in [0.3, 0.4) is 0 Å². The summed E-state index contributed by atoms with van der Waals surface area (Å²) in [5.41, 5.74) is 0.428. The van der Waals surface area contributed by atoms with E-state index in [0.29, 0.717) is 10.6 Å². The largest absolute Gasteiger partial charge is 0.480 e. The molecule has 1 atom stereocenters. The van der Waals surface area contributed by atoms with Gasteiger partial charge in [0.1, 0.15) is 11.1 Å². The number of thioether (sulfide) groups is 1. The number of amides is 1. The van der Waals surface area contributed by atoms with E-state index >= 15 is 0 Å². The van der Waals surface area contributed by atoms with Crippen molar-refractivity contribution in [3.63, 3.8) is 0 Å². The van der Waals surface area contributed by atoms with E-state index in [1.54, 1.807) is 18.3 Å². The fourth-order valence-corrected chi connectivity index (χ4v) is 2.30. The number of carbonyl (C=O) groups excluding carboxylic acids is 1. The molecule has 1 fully saturated rings. The van der Waals surface area contributed by atoms with E-state index in [1.165, 1.54) is 11.8 Å². The monoisotopic (exact) mass is 266 g/mol. The van der Waals surface area contributed by atoms with Crippen molar-refractivity contribution < 1.29 is 14.7 Å². The summed E-state index contributed by atoms with van der Waals surface area (Å²) in [5, 5.41) is 12.3. The second-order valence-electron chi connectivity index (χ2n) is 4.19. The zero-order valence-electron chi connectivity index (χ0n) is 9.92. The number of hydrogen-bond acceptors (Lipinski definition) is 4. The molecule has 0 aromatic carbocycles. The summed E-state index contributed by atoms with van der Waals surface area (Å²) in [6.07, 6.45) is 5.16. The molecule has 1 aliphatic carbocycles. The van der Waals surface area contributed by atoms with Gasteiger partial charge in [-0.25, -0.2) is 9.78 Å². The topological polar surface area (TPSA) is 79.3 Å². The minimum atomic E-state index is -0.972. The first kappa shape index (κ1) is 12.9. The van der Waals surface area contributed by atoms with E-state index in [0.717, 1.165) is 12.8 Å². The molecule has 96 valence electrons. The van der Waals surface area contributed by atoms with E-state index in [9.17, 15) is 9.59 Å². The van der Waals surface area contributed by atoms with Crippen LogP contribution < -0.4 is 5.32 Å². The Bertz CT molecular complexity index is 474. The van der Waals surface area contributed by atoms with Crippen LogP contribution >= 0.6 is 11.8 Å². The van der Waals surface area contributed by atoms with Crippen LogP contribution in [0.4, 0.5) is 0 Å².